The van der Waals surface area contributed by atoms with Crippen molar-refractivity contribution in [1.29, 1.82) is 0 Å². The predicted molar refractivity (Wildman–Crippen MR) is 112 cm³/mol. The largest absolute Gasteiger partial charge is 0.324 e. The number of amides is 2. The fourth-order valence-electron chi connectivity index (χ4n) is 3.30. The number of hydrogen-bond acceptors (Lipinski definition) is 4. The molecule has 0 unspecified atom stereocenters. The predicted octanol–water partition coefficient (Wildman–Crippen LogP) is 3.64. The highest BCUT2D eigenvalue weighted by Crippen LogP contribution is 2.23. The van der Waals surface area contributed by atoms with E-state index in [1.165, 1.54) is 0 Å². The number of nitrogens with one attached hydrogen (secondary N) is 2. The van der Waals surface area contributed by atoms with Crippen LogP contribution in [0.2, 0.25) is 5.02 Å². The molecule has 3 rings (SSSR count). The van der Waals surface area contributed by atoms with Gasteiger partial charge in [-0.15, -0.1) is 0 Å². The summed E-state index contributed by atoms with van der Waals surface area (Å²) in [6, 6.07) is 9.29. The molecule has 7 heteroatoms. The van der Waals surface area contributed by atoms with Crippen LogP contribution in [0.5, 0.6) is 0 Å². The highest BCUT2D eigenvalue weighted by atomic mass is 35.5. The van der Waals surface area contributed by atoms with Crippen molar-refractivity contribution < 1.29 is 9.59 Å². The van der Waals surface area contributed by atoms with Gasteiger partial charge in [0.15, 0.2) is 0 Å². The van der Waals surface area contributed by atoms with E-state index in [-0.39, 0.29) is 24.3 Å². The number of nitrogens with zero attached hydrogens (tertiary/aromatic N) is 2. The van der Waals surface area contributed by atoms with Gasteiger partial charge in [0.1, 0.15) is 5.82 Å². The number of rotatable bonds is 5. The number of pyridine rings is 1. The molecule has 0 radical (unpaired) electrons. The molecule has 28 heavy (non-hydrogen) atoms. The summed E-state index contributed by atoms with van der Waals surface area (Å²) in [5.74, 6) is 0.418. The van der Waals surface area contributed by atoms with Crippen LogP contribution < -0.4 is 10.6 Å². The van der Waals surface area contributed by atoms with Gasteiger partial charge in [0, 0.05) is 12.1 Å². The van der Waals surface area contributed by atoms with Crippen molar-refractivity contribution in [2.45, 2.75) is 26.7 Å². The second-order valence-electron chi connectivity index (χ2n) is 7.29. The lowest BCUT2D eigenvalue weighted by molar-refractivity contribution is -0.121. The zero-order valence-electron chi connectivity index (χ0n) is 16.2. The van der Waals surface area contributed by atoms with E-state index < -0.39 is 0 Å². The number of piperidine rings is 1. The molecule has 1 aliphatic rings. The van der Waals surface area contributed by atoms with Crippen molar-refractivity contribution in [3.05, 3.63) is 52.7 Å². The Morgan fingerprint density at radius 3 is 2.50 bits per heavy atom. The van der Waals surface area contributed by atoms with E-state index in [2.05, 4.69) is 20.5 Å². The molecule has 0 spiro atoms. The molecule has 148 valence electrons. The maximum absolute atomic E-state index is 12.5. The van der Waals surface area contributed by atoms with Gasteiger partial charge in [0.05, 0.1) is 17.3 Å². The van der Waals surface area contributed by atoms with Gasteiger partial charge in [0.2, 0.25) is 11.8 Å². The Hall–Kier alpha value is -2.44. The van der Waals surface area contributed by atoms with Crippen LogP contribution in [0.25, 0.3) is 0 Å². The summed E-state index contributed by atoms with van der Waals surface area (Å²) in [7, 11) is 0. The minimum atomic E-state index is -0.0994. The Kier molecular flexibility index (Phi) is 6.65. The van der Waals surface area contributed by atoms with Crippen molar-refractivity contribution in [2.75, 3.05) is 30.3 Å². The van der Waals surface area contributed by atoms with E-state index in [0.29, 0.717) is 29.6 Å². The molecule has 1 saturated heterocycles. The molecular weight excluding hydrogens is 376 g/mol. The minimum absolute atomic E-state index is 0.00589. The van der Waals surface area contributed by atoms with E-state index in [1.54, 1.807) is 6.20 Å². The molecule has 1 aromatic carbocycles. The van der Waals surface area contributed by atoms with Gasteiger partial charge in [-0.2, -0.15) is 0 Å². The van der Waals surface area contributed by atoms with Crippen LogP contribution in [0, 0.1) is 19.8 Å². The summed E-state index contributed by atoms with van der Waals surface area (Å²) in [4.78, 5) is 31.0. The first-order valence-corrected chi connectivity index (χ1v) is 9.80. The lowest BCUT2D eigenvalue weighted by atomic mass is 9.96. The third-order valence-electron chi connectivity index (χ3n) is 4.89. The summed E-state index contributed by atoms with van der Waals surface area (Å²) in [6.07, 6.45) is 3.12. The lowest BCUT2D eigenvalue weighted by Gasteiger charge is -2.30. The van der Waals surface area contributed by atoms with Crippen molar-refractivity contribution in [3.8, 4) is 0 Å². The first-order chi connectivity index (χ1) is 13.4. The molecule has 0 aliphatic carbocycles. The third kappa shape index (κ3) is 5.53. The number of halogens is 1. The molecule has 0 saturated carbocycles. The minimum Gasteiger partial charge on any atom is -0.324 e. The number of carbonyl (C=O) groups excluding carboxylic acids is 2. The third-order valence-corrected chi connectivity index (χ3v) is 5.20. The van der Waals surface area contributed by atoms with Gasteiger partial charge in [-0.05, 0) is 75.2 Å². The maximum atomic E-state index is 12.5. The Morgan fingerprint density at radius 1 is 1.11 bits per heavy atom. The number of likely N-dealkylation sites (tertiary alicyclic amines) is 1. The Morgan fingerprint density at radius 2 is 1.82 bits per heavy atom. The molecule has 2 amide bonds. The van der Waals surface area contributed by atoms with Gasteiger partial charge in [-0.25, -0.2) is 4.98 Å². The van der Waals surface area contributed by atoms with Gasteiger partial charge in [-0.3, -0.25) is 14.5 Å². The van der Waals surface area contributed by atoms with Crippen molar-refractivity contribution >= 4 is 34.9 Å². The lowest BCUT2D eigenvalue weighted by Crippen LogP contribution is -2.41. The Labute approximate surface area is 170 Å². The van der Waals surface area contributed by atoms with Crippen LogP contribution in [-0.2, 0) is 9.59 Å². The zero-order chi connectivity index (χ0) is 20.1. The molecule has 6 nitrogen and oxygen atoms in total. The normalized spacial score (nSPS) is 15.2. The van der Waals surface area contributed by atoms with Gasteiger partial charge in [-0.1, -0.05) is 17.7 Å². The topological polar surface area (TPSA) is 74.3 Å². The Bertz CT molecular complexity index is 863. The van der Waals surface area contributed by atoms with Crippen LogP contribution in [0.3, 0.4) is 0 Å². The fraction of sp³-hybridized carbons (Fsp3) is 0.381. The van der Waals surface area contributed by atoms with Crippen LogP contribution >= 0.6 is 11.6 Å². The summed E-state index contributed by atoms with van der Waals surface area (Å²) >= 11 is 6.17. The van der Waals surface area contributed by atoms with Gasteiger partial charge < -0.3 is 10.6 Å². The monoisotopic (exact) mass is 400 g/mol. The maximum Gasteiger partial charge on any atom is 0.238 e. The van der Waals surface area contributed by atoms with E-state index in [1.807, 2.05) is 44.2 Å². The first-order valence-electron chi connectivity index (χ1n) is 9.42. The zero-order valence-corrected chi connectivity index (χ0v) is 16.9. The number of carbonyl (C=O) groups is 2. The average Bonchev–Trinajstić information content (AvgIpc) is 2.64. The second kappa shape index (κ2) is 9.17. The van der Waals surface area contributed by atoms with Crippen molar-refractivity contribution in [2.24, 2.45) is 5.92 Å². The fourth-order valence-corrected chi connectivity index (χ4v) is 3.58. The summed E-state index contributed by atoms with van der Waals surface area (Å²) in [5.41, 5.74) is 2.72. The van der Waals surface area contributed by atoms with Crippen molar-refractivity contribution in [1.82, 2.24) is 9.88 Å². The number of benzene rings is 1. The molecule has 1 fully saturated rings. The van der Waals surface area contributed by atoms with Crippen LogP contribution in [-0.4, -0.2) is 41.3 Å². The molecule has 1 aromatic heterocycles. The molecule has 0 bridgehead atoms. The van der Waals surface area contributed by atoms with E-state index >= 15 is 0 Å². The molecule has 2 heterocycles. The molecular formula is C21H25ClN4O2. The van der Waals surface area contributed by atoms with Gasteiger partial charge >= 0.3 is 0 Å². The van der Waals surface area contributed by atoms with Crippen molar-refractivity contribution in [3.63, 3.8) is 0 Å². The summed E-state index contributed by atoms with van der Waals surface area (Å²) in [5, 5.41) is 6.28. The van der Waals surface area contributed by atoms with Crippen LogP contribution in [0.4, 0.5) is 11.5 Å². The molecule has 2 aromatic rings. The van der Waals surface area contributed by atoms with E-state index in [4.69, 9.17) is 11.6 Å². The molecule has 1 aliphatic heterocycles. The van der Waals surface area contributed by atoms with E-state index in [9.17, 15) is 9.59 Å². The molecule has 0 atom stereocenters. The highest BCUT2D eigenvalue weighted by molar-refractivity contribution is 6.33. The van der Waals surface area contributed by atoms with Crippen LogP contribution in [0.1, 0.15) is 24.0 Å². The van der Waals surface area contributed by atoms with Gasteiger partial charge in [0.25, 0.3) is 0 Å². The summed E-state index contributed by atoms with van der Waals surface area (Å²) in [6.45, 7) is 5.61. The van der Waals surface area contributed by atoms with E-state index in [0.717, 1.165) is 24.0 Å². The smallest absolute Gasteiger partial charge is 0.238 e. The van der Waals surface area contributed by atoms with Crippen LogP contribution in [0.15, 0.2) is 36.5 Å². The quantitative estimate of drug-likeness (QED) is 0.803. The number of aryl methyl sites for hydroxylation is 2. The first kappa shape index (κ1) is 20.3. The highest BCUT2D eigenvalue weighted by Gasteiger charge is 2.26. The second-order valence-corrected chi connectivity index (χ2v) is 7.70. The standard InChI is InChI=1S/C21H25ClN4O2/c1-14-3-4-18(17(22)11-14)24-20(27)13-26-9-6-16(7-10-26)21(28)25-19-12-15(2)5-8-23-19/h3-5,8,11-12,16H,6-7,9-10,13H2,1-2H3,(H,24,27)(H,23,25,28). The number of anilines is 2. The number of aromatic nitrogens is 1. The Balaban J connectivity index is 1.45. The number of hydrogen-bond donors (Lipinski definition) is 2. The molecule has 2 N–H and O–H groups in total. The SMILES string of the molecule is Cc1ccnc(NC(=O)C2CCN(CC(=O)Nc3ccc(C)cc3Cl)CC2)c1. The summed E-state index contributed by atoms with van der Waals surface area (Å²) < 4.78 is 0. The average molecular weight is 401 g/mol.